The minimum absolute atomic E-state index is 0.222. The quantitative estimate of drug-likeness (QED) is 0.0365. The van der Waals surface area contributed by atoms with Crippen LogP contribution in [0, 0.1) is 0 Å². The predicted octanol–water partition coefficient (Wildman–Crippen LogP) is 4.77. The maximum absolute atomic E-state index is 11.6. The zero-order valence-electron chi connectivity index (χ0n) is 33.3. The highest BCUT2D eigenvalue weighted by atomic mass is 16.7. The molecule has 0 saturated carbocycles. The maximum Gasteiger partial charge on any atom is 0.217 e. The summed E-state index contributed by atoms with van der Waals surface area (Å²) in [6, 6.07) is -1.27. The summed E-state index contributed by atoms with van der Waals surface area (Å²) in [6.45, 7) is 11.8. The molecule has 13 heteroatoms. The van der Waals surface area contributed by atoms with Crippen LogP contribution in [0.5, 0.6) is 0 Å². The van der Waals surface area contributed by atoms with Crippen molar-refractivity contribution < 1.29 is 53.6 Å². The molecular weight excluding hydrogens is 684 g/mol. The van der Waals surface area contributed by atoms with Gasteiger partial charge in [0.25, 0.3) is 0 Å². The Balaban J connectivity index is 0.000000533. The number of allylic oxidation sites excluding steroid dienone is 1. The number of aliphatic hydroxyl groups excluding tert-OH is 4. The summed E-state index contributed by atoms with van der Waals surface area (Å²) in [5.74, 6) is -0.267. The predicted molar refractivity (Wildman–Crippen MR) is 206 cm³/mol. The molecule has 13 nitrogen and oxygen atoms in total. The van der Waals surface area contributed by atoms with Gasteiger partial charge >= 0.3 is 0 Å². The van der Waals surface area contributed by atoms with Crippen molar-refractivity contribution in [2.24, 2.45) is 5.73 Å². The number of amides is 1. The van der Waals surface area contributed by atoms with Gasteiger partial charge in [-0.25, -0.2) is 0 Å². The number of hydrogen-bond acceptors (Lipinski definition) is 12. The third-order valence-corrected chi connectivity index (χ3v) is 9.47. The van der Waals surface area contributed by atoms with Gasteiger partial charge in [0.15, 0.2) is 6.29 Å². The van der Waals surface area contributed by atoms with Gasteiger partial charge in [0.2, 0.25) is 12.2 Å². The number of nitrogens with two attached hydrogens (primary N) is 1. The van der Waals surface area contributed by atoms with E-state index < -0.39 is 61.3 Å². The second-order valence-electron chi connectivity index (χ2n) is 14.1. The highest BCUT2D eigenvalue weighted by molar-refractivity contribution is 5.73. The molecule has 2 rings (SSSR count). The van der Waals surface area contributed by atoms with Gasteiger partial charge in [-0.05, 0) is 19.8 Å². The number of nitrogens with one attached hydrogen (secondary N) is 1. The van der Waals surface area contributed by atoms with Crippen LogP contribution in [0.25, 0.3) is 0 Å². The van der Waals surface area contributed by atoms with Crippen LogP contribution >= 0.6 is 0 Å². The number of rotatable bonds is 28. The Labute approximate surface area is 319 Å². The van der Waals surface area contributed by atoms with Crippen LogP contribution in [0.3, 0.4) is 0 Å². The first-order valence-corrected chi connectivity index (χ1v) is 20.3. The van der Waals surface area contributed by atoms with E-state index in [1.807, 2.05) is 6.92 Å². The van der Waals surface area contributed by atoms with Crippen LogP contribution in [0.2, 0.25) is 0 Å². The molecule has 10 atom stereocenters. The van der Waals surface area contributed by atoms with Gasteiger partial charge in [0.1, 0.15) is 42.7 Å². The number of carbonyl (C=O) groups is 1. The van der Waals surface area contributed by atoms with Crippen LogP contribution in [0.4, 0.5) is 0 Å². The fourth-order valence-corrected chi connectivity index (χ4v) is 6.45. The molecule has 2 aliphatic heterocycles. The van der Waals surface area contributed by atoms with E-state index in [4.69, 9.17) is 34.2 Å². The second kappa shape index (κ2) is 31.5. The van der Waals surface area contributed by atoms with Crippen LogP contribution in [0.15, 0.2) is 25.0 Å². The lowest BCUT2D eigenvalue weighted by Crippen LogP contribution is -2.65. The van der Waals surface area contributed by atoms with E-state index in [0.29, 0.717) is 13.2 Å². The van der Waals surface area contributed by atoms with Gasteiger partial charge in [-0.1, -0.05) is 116 Å². The molecular formula is C40H76N2O11. The lowest BCUT2D eigenvalue weighted by Gasteiger charge is -2.44. The monoisotopic (exact) mass is 761 g/mol. The first kappa shape index (κ1) is 49.4. The van der Waals surface area contributed by atoms with E-state index in [0.717, 1.165) is 25.7 Å². The first-order valence-electron chi connectivity index (χ1n) is 20.3. The van der Waals surface area contributed by atoms with Crippen LogP contribution in [0.1, 0.15) is 130 Å². The van der Waals surface area contributed by atoms with Crippen molar-refractivity contribution in [3.63, 3.8) is 0 Å². The molecule has 7 N–H and O–H groups in total. The fraction of sp³-hybridized carbons (Fsp3) is 0.875. The molecule has 0 aromatic rings. The molecule has 53 heavy (non-hydrogen) atoms. The molecule has 0 aromatic heterocycles. The minimum Gasteiger partial charge on any atom is -0.471 e. The van der Waals surface area contributed by atoms with Gasteiger partial charge in [-0.15, -0.1) is 6.58 Å². The molecule has 0 aromatic carbocycles. The molecule has 2 saturated heterocycles. The summed E-state index contributed by atoms with van der Waals surface area (Å²) in [7, 11) is 0. The third-order valence-electron chi connectivity index (χ3n) is 9.47. The maximum atomic E-state index is 11.6. The molecule has 2 heterocycles. The van der Waals surface area contributed by atoms with E-state index in [2.05, 4.69) is 25.7 Å². The largest absolute Gasteiger partial charge is 0.471 e. The molecule has 0 bridgehead atoms. The van der Waals surface area contributed by atoms with Crippen LogP contribution in [-0.4, -0.2) is 121 Å². The molecule has 0 aliphatic carbocycles. The lowest BCUT2D eigenvalue weighted by atomic mass is 9.96. The van der Waals surface area contributed by atoms with Crippen molar-refractivity contribution in [1.29, 1.82) is 0 Å². The zero-order valence-corrected chi connectivity index (χ0v) is 33.3. The first-order chi connectivity index (χ1) is 25.7. The van der Waals surface area contributed by atoms with Crippen molar-refractivity contribution in [3.8, 4) is 0 Å². The Morgan fingerprint density at radius 3 is 1.64 bits per heavy atom. The van der Waals surface area contributed by atoms with E-state index in [-0.39, 0.29) is 25.7 Å². The number of ether oxygens (including phenoxy) is 6. The summed E-state index contributed by atoms with van der Waals surface area (Å²) in [5.41, 5.74) is 6.13. The Bertz CT molecular complexity index is 929. The molecule has 312 valence electrons. The van der Waals surface area contributed by atoms with Crippen molar-refractivity contribution in [3.05, 3.63) is 25.0 Å². The minimum atomic E-state index is -1.06. The molecule has 1 amide bonds. The normalized spacial score (nSPS) is 28.7. The SMILES string of the molecule is C/C=C\O[C@H]1O[C@H](CO)[C@@H](O)[C@H](OCCCCCCCCCC)[C@H]1N.C=CCO[C@H]1O[C@H](CO)[C@@H](O)[C@H](OCCCCCCCCCC)[C@H]1NC(C)=O. The Morgan fingerprint density at radius 1 is 0.736 bits per heavy atom. The van der Waals surface area contributed by atoms with Crippen molar-refractivity contribution in [2.75, 3.05) is 33.0 Å². The Morgan fingerprint density at radius 2 is 1.19 bits per heavy atom. The summed E-state index contributed by atoms with van der Waals surface area (Å²) in [5, 5.41) is 42.5. The van der Waals surface area contributed by atoms with E-state index in [1.54, 1.807) is 12.2 Å². The molecule has 0 radical (unpaired) electrons. The number of hydrogen-bond donors (Lipinski definition) is 6. The summed E-state index contributed by atoms with van der Waals surface area (Å²) < 4.78 is 33.9. The van der Waals surface area contributed by atoms with Gasteiger partial charge in [-0.3, -0.25) is 4.79 Å². The van der Waals surface area contributed by atoms with Gasteiger partial charge < -0.3 is 59.9 Å². The fourth-order valence-electron chi connectivity index (χ4n) is 6.45. The van der Waals surface area contributed by atoms with Crippen molar-refractivity contribution in [1.82, 2.24) is 5.32 Å². The Hall–Kier alpha value is -1.65. The van der Waals surface area contributed by atoms with Gasteiger partial charge in [0.05, 0.1) is 32.1 Å². The molecule has 2 fully saturated rings. The number of unbranched alkanes of at least 4 members (excludes halogenated alkanes) is 14. The van der Waals surface area contributed by atoms with E-state index in [1.165, 1.54) is 90.2 Å². The molecule has 0 unspecified atom stereocenters. The average molecular weight is 761 g/mol. The van der Waals surface area contributed by atoms with Crippen LogP contribution < -0.4 is 11.1 Å². The Kier molecular flexibility index (Phi) is 29.4. The van der Waals surface area contributed by atoms with Crippen molar-refractivity contribution >= 4 is 5.91 Å². The van der Waals surface area contributed by atoms with E-state index >= 15 is 0 Å². The number of aliphatic hydroxyl groups is 4. The van der Waals surface area contributed by atoms with Crippen LogP contribution in [-0.2, 0) is 33.2 Å². The highest BCUT2D eigenvalue weighted by Gasteiger charge is 2.47. The highest BCUT2D eigenvalue weighted by Crippen LogP contribution is 2.26. The topological polar surface area (TPSA) is 191 Å². The molecule has 0 spiro atoms. The summed E-state index contributed by atoms with van der Waals surface area (Å²) in [6.07, 6.45) is 17.6. The lowest BCUT2D eigenvalue weighted by molar-refractivity contribution is -0.274. The zero-order chi connectivity index (χ0) is 39.3. The molecule has 2 aliphatic rings. The summed E-state index contributed by atoms with van der Waals surface area (Å²) >= 11 is 0. The van der Waals surface area contributed by atoms with Crippen molar-refractivity contribution in [2.45, 2.75) is 192 Å². The van der Waals surface area contributed by atoms with Gasteiger partial charge in [-0.2, -0.15) is 0 Å². The second-order valence-corrected chi connectivity index (χ2v) is 14.1. The standard InChI is InChI=1S/C21H39NO6.C19H37NO5/c1-4-6-7-8-9-10-11-12-14-26-20-18(22-16(3)24)21(27-13-5-2)28-17(15-23)19(20)25;1-3-5-6-7-8-9-10-11-13-23-18-16(20)19(24-12-4-2)25-15(14-21)17(18)22/h5,17-21,23,25H,2,4,6-15H2,1,3H3,(H,22,24);4,12,15-19,21-22H,3,5-11,13-14,20H2,1-2H3/b;12-4-/t17-,18-,19-,20-,21+;15-,16-,17-,18-,19+/m11/s1. The number of carbonyl (C=O) groups excluding carboxylic acids is 1. The van der Waals surface area contributed by atoms with E-state index in [9.17, 15) is 25.2 Å². The van der Waals surface area contributed by atoms with Gasteiger partial charge in [0, 0.05) is 20.1 Å². The third kappa shape index (κ3) is 20.2. The summed E-state index contributed by atoms with van der Waals surface area (Å²) in [4.78, 5) is 11.6. The smallest absolute Gasteiger partial charge is 0.217 e. The average Bonchev–Trinajstić information content (AvgIpc) is 3.15.